The van der Waals surface area contributed by atoms with Gasteiger partial charge in [0.2, 0.25) is 0 Å². The Kier molecular flexibility index (Phi) is 7.82. The number of allylic oxidation sites excluding steroid dienone is 3. The maximum absolute atomic E-state index is 12.6. The molecule has 0 fully saturated rings. The van der Waals surface area contributed by atoms with E-state index in [0.717, 1.165) is 11.1 Å². The fourth-order valence-electron chi connectivity index (χ4n) is 2.57. The number of rotatable bonds is 7. The van der Waals surface area contributed by atoms with Gasteiger partial charge < -0.3 is 15.8 Å². The number of aryl methyl sites for hydroxylation is 2. The monoisotopic (exact) mass is 432 g/mol. The van der Waals surface area contributed by atoms with Crippen molar-refractivity contribution in [2.75, 3.05) is 5.73 Å². The fraction of sp³-hybridized carbons (Fsp3) is 0.190. The number of benzene rings is 1. The van der Waals surface area contributed by atoms with Gasteiger partial charge in [0.05, 0.1) is 12.0 Å². The lowest BCUT2D eigenvalue weighted by Gasteiger charge is -2.13. The second-order valence-electron chi connectivity index (χ2n) is 6.09. The molecule has 0 saturated carbocycles. The number of hydrogen-bond donors (Lipinski definition) is 2. The Morgan fingerprint density at radius 1 is 1.28 bits per heavy atom. The summed E-state index contributed by atoms with van der Waals surface area (Å²) in [5.74, 6) is 0.0116. The Morgan fingerprint density at radius 3 is 2.62 bits per heavy atom. The van der Waals surface area contributed by atoms with E-state index < -0.39 is 5.91 Å². The second-order valence-corrected chi connectivity index (χ2v) is 6.94. The zero-order valence-corrected chi connectivity index (χ0v) is 17.9. The summed E-state index contributed by atoms with van der Waals surface area (Å²) in [5.41, 5.74) is 8.62. The van der Waals surface area contributed by atoms with E-state index in [9.17, 15) is 4.79 Å². The van der Waals surface area contributed by atoms with E-state index in [4.69, 9.17) is 33.7 Å². The Bertz CT molecular complexity index is 977. The van der Waals surface area contributed by atoms with Gasteiger partial charge in [-0.15, -0.1) is 0 Å². The molecular formula is C21H22Cl2N4O2. The molecule has 6 nitrogen and oxygen atoms in total. The van der Waals surface area contributed by atoms with Crippen LogP contribution in [0.4, 0.5) is 5.82 Å². The van der Waals surface area contributed by atoms with Crippen LogP contribution in [0.1, 0.15) is 39.9 Å². The van der Waals surface area contributed by atoms with Crippen molar-refractivity contribution in [3.63, 3.8) is 0 Å². The highest BCUT2D eigenvalue weighted by Crippen LogP contribution is 2.25. The predicted molar refractivity (Wildman–Crippen MR) is 118 cm³/mol. The van der Waals surface area contributed by atoms with Gasteiger partial charge in [-0.3, -0.25) is 4.79 Å². The van der Waals surface area contributed by atoms with E-state index in [1.54, 1.807) is 44.2 Å². The van der Waals surface area contributed by atoms with E-state index in [0.29, 0.717) is 27.2 Å². The third-order valence-corrected chi connectivity index (χ3v) is 4.58. The molecule has 2 aromatic rings. The number of nitrogens with zero attached hydrogens (tertiary/aromatic N) is 2. The Balaban J connectivity index is 2.23. The predicted octanol–water partition coefficient (Wildman–Crippen LogP) is 4.99. The van der Waals surface area contributed by atoms with Crippen LogP contribution in [0.5, 0.6) is 0 Å². The summed E-state index contributed by atoms with van der Waals surface area (Å²) in [7, 11) is 0. The number of carbonyl (C=O) groups is 1. The van der Waals surface area contributed by atoms with Crippen molar-refractivity contribution in [3.8, 4) is 0 Å². The summed E-state index contributed by atoms with van der Waals surface area (Å²) in [5, 5.41) is 3.78. The topological polar surface area (TPSA) is 90.1 Å². The highest BCUT2D eigenvalue weighted by Gasteiger charge is 2.19. The summed E-state index contributed by atoms with van der Waals surface area (Å²) in [6.45, 7) is 9.18. The normalized spacial score (nSPS) is 11.6. The van der Waals surface area contributed by atoms with Crippen LogP contribution in [0, 0.1) is 13.8 Å². The van der Waals surface area contributed by atoms with Crippen molar-refractivity contribution >= 4 is 40.7 Å². The number of ether oxygens (including phenoxy) is 1. The van der Waals surface area contributed by atoms with E-state index in [1.807, 2.05) is 6.92 Å². The van der Waals surface area contributed by atoms with Crippen LogP contribution in [0.3, 0.4) is 0 Å². The molecule has 2 rings (SSSR count). The Morgan fingerprint density at radius 2 is 2.00 bits per heavy atom. The van der Waals surface area contributed by atoms with Gasteiger partial charge in [0.15, 0.2) is 11.5 Å². The molecule has 0 unspecified atom stereocenters. The van der Waals surface area contributed by atoms with Crippen molar-refractivity contribution < 1.29 is 9.53 Å². The first-order chi connectivity index (χ1) is 13.8. The SMILES string of the molecule is C=C/C=C/O/C(=C\C)c1nc(N)c(C(=O)NCc2c(C)cc(Cl)cc2Cl)nc1C. The van der Waals surface area contributed by atoms with Gasteiger partial charge in [0.1, 0.15) is 11.5 Å². The minimum Gasteiger partial charge on any atom is -0.463 e. The fourth-order valence-corrected chi connectivity index (χ4v) is 3.23. The third-order valence-electron chi connectivity index (χ3n) is 4.03. The van der Waals surface area contributed by atoms with Crippen LogP contribution < -0.4 is 11.1 Å². The first-order valence-electron chi connectivity index (χ1n) is 8.76. The molecule has 0 radical (unpaired) electrons. The van der Waals surface area contributed by atoms with Crippen LogP contribution in [0.25, 0.3) is 5.76 Å². The molecule has 0 aliphatic rings. The lowest BCUT2D eigenvalue weighted by atomic mass is 10.1. The molecule has 1 aromatic heterocycles. The van der Waals surface area contributed by atoms with Gasteiger partial charge >= 0.3 is 0 Å². The number of hydrogen-bond acceptors (Lipinski definition) is 5. The molecule has 29 heavy (non-hydrogen) atoms. The zero-order valence-electron chi connectivity index (χ0n) is 16.4. The van der Waals surface area contributed by atoms with Crippen LogP contribution in [0.15, 0.2) is 43.2 Å². The van der Waals surface area contributed by atoms with Crippen LogP contribution in [0.2, 0.25) is 10.0 Å². The average Bonchev–Trinajstić information content (AvgIpc) is 2.66. The quantitative estimate of drug-likeness (QED) is 0.474. The first kappa shape index (κ1) is 22.5. The third kappa shape index (κ3) is 5.59. The average molecular weight is 433 g/mol. The standard InChI is InChI=1S/C21H22Cl2N4O2/c1-5-7-8-29-17(6-2)18-13(4)26-19(20(24)27-18)21(28)25-11-15-12(3)9-14(22)10-16(15)23/h5-10H,1,11H2,2-4H3,(H2,24,27)(H,25,28)/b8-7+,17-6-. The molecule has 0 bridgehead atoms. The number of amides is 1. The Labute approximate surface area is 180 Å². The number of carbonyl (C=O) groups excluding carboxylic acids is 1. The van der Waals surface area contributed by atoms with Gasteiger partial charge in [-0.25, -0.2) is 9.97 Å². The molecule has 152 valence electrons. The molecule has 0 aliphatic heterocycles. The number of aromatic nitrogens is 2. The first-order valence-corrected chi connectivity index (χ1v) is 9.51. The number of nitrogen functional groups attached to an aromatic ring is 1. The van der Waals surface area contributed by atoms with Gasteiger partial charge in [0, 0.05) is 16.6 Å². The number of anilines is 1. The van der Waals surface area contributed by atoms with E-state index in [2.05, 4.69) is 21.9 Å². The van der Waals surface area contributed by atoms with Crippen molar-refractivity contribution in [1.82, 2.24) is 15.3 Å². The molecule has 1 aromatic carbocycles. The molecule has 1 amide bonds. The number of nitrogens with one attached hydrogen (secondary N) is 1. The summed E-state index contributed by atoms with van der Waals surface area (Å²) < 4.78 is 5.52. The summed E-state index contributed by atoms with van der Waals surface area (Å²) in [6, 6.07) is 3.41. The lowest BCUT2D eigenvalue weighted by Crippen LogP contribution is -2.26. The Hall–Kier alpha value is -2.83. The molecule has 3 N–H and O–H groups in total. The molecule has 8 heteroatoms. The summed E-state index contributed by atoms with van der Waals surface area (Å²) in [4.78, 5) is 21.2. The second kappa shape index (κ2) is 10.1. The molecule has 0 aliphatic carbocycles. The van der Waals surface area contributed by atoms with Crippen LogP contribution >= 0.6 is 23.2 Å². The van der Waals surface area contributed by atoms with Gasteiger partial charge in [-0.2, -0.15) is 0 Å². The summed E-state index contributed by atoms with van der Waals surface area (Å²) in [6.07, 6.45) is 6.43. The highest BCUT2D eigenvalue weighted by molar-refractivity contribution is 6.35. The molecule has 0 spiro atoms. The van der Waals surface area contributed by atoms with Crippen molar-refractivity contribution in [3.05, 3.63) is 81.5 Å². The van der Waals surface area contributed by atoms with E-state index >= 15 is 0 Å². The molecule has 0 atom stereocenters. The summed E-state index contributed by atoms with van der Waals surface area (Å²) >= 11 is 12.2. The number of halogens is 2. The zero-order chi connectivity index (χ0) is 21.6. The minimum absolute atomic E-state index is 0.00215. The van der Waals surface area contributed by atoms with Crippen LogP contribution in [-0.2, 0) is 11.3 Å². The molecule has 1 heterocycles. The van der Waals surface area contributed by atoms with Crippen molar-refractivity contribution in [2.45, 2.75) is 27.3 Å². The van der Waals surface area contributed by atoms with E-state index in [1.165, 1.54) is 6.26 Å². The van der Waals surface area contributed by atoms with Gasteiger partial charge in [-0.05, 0) is 56.2 Å². The van der Waals surface area contributed by atoms with Crippen LogP contribution in [-0.4, -0.2) is 15.9 Å². The van der Waals surface area contributed by atoms with Crippen molar-refractivity contribution in [2.24, 2.45) is 0 Å². The van der Waals surface area contributed by atoms with Gasteiger partial charge in [0.25, 0.3) is 5.91 Å². The maximum atomic E-state index is 12.6. The van der Waals surface area contributed by atoms with Crippen molar-refractivity contribution in [1.29, 1.82) is 0 Å². The number of nitrogens with two attached hydrogens (primary N) is 1. The smallest absolute Gasteiger partial charge is 0.273 e. The van der Waals surface area contributed by atoms with Gasteiger partial charge in [-0.1, -0.05) is 35.9 Å². The largest absolute Gasteiger partial charge is 0.463 e. The maximum Gasteiger partial charge on any atom is 0.273 e. The molecule has 0 saturated heterocycles. The highest BCUT2D eigenvalue weighted by atomic mass is 35.5. The van der Waals surface area contributed by atoms with E-state index in [-0.39, 0.29) is 18.1 Å². The molecular weight excluding hydrogens is 411 g/mol. The minimum atomic E-state index is -0.454. The lowest BCUT2D eigenvalue weighted by molar-refractivity contribution is 0.0946.